The molecular formula is C18H18O2S. The van der Waals surface area contributed by atoms with E-state index in [-0.39, 0.29) is 0 Å². The highest BCUT2D eigenvalue weighted by Crippen LogP contribution is 2.36. The van der Waals surface area contributed by atoms with E-state index in [2.05, 4.69) is 18.2 Å². The summed E-state index contributed by atoms with van der Waals surface area (Å²) in [4.78, 5) is 0.947. The van der Waals surface area contributed by atoms with Gasteiger partial charge in [-0.25, -0.2) is 0 Å². The molecule has 0 bridgehead atoms. The molecule has 2 nitrogen and oxygen atoms in total. The first-order valence-electron chi connectivity index (χ1n) is 7.09. The molecule has 1 aromatic heterocycles. The highest BCUT2D eigenvalue weighted by molar-refractivity contribution is 7.19. The largest absolute Gasteiger partial charge is 0.493 e. The van der Waals surface area contributed by atoms with Crippen LogP contribution in [-0.4, -0.2) is 11.7 Å². The molecule has 1 heterocycles. The zero-order valence-corrected chi connectivity index (χ0v) is 13.0. The molecule has 0 spiro atoms. The number of thiophene rings is 1. The number of fused-ring (bicyclic) bond motifs is 1. The standard InChI is InChI=1S/C18H18O2S/c1-3-20-15-9-8-12(2)10-14(15)18(19)17-11-13-6-4-5-7-16(13)21-17/h4-11,18-19H,3H2,1-2H3. The van der Waals surface area contributed by atoms with Gasteiger partial charge in [0.25, 0.3) is 0 Å². The molecule has 3 aromatic rings. The highest BCUT2D eigenvalue weighted by atomic mass is 32.1. The number of aliphatic hydroxyl groups excluding tert-OH is 1. The molecular weight excluding hydrogens is 280 g/mol. The summed E-state index contributed by atoms with van der Waals surface area (Å²) >= 11 is 1.63. The molecule has 0 aliphatic rings. The van der Waals surface area contributed by atoms with Crippen LogP contribution in [0.15, 0.2) is 48.5 Å². The Morgan fingerprint density at radius 3 is 2.71 bits per heavy atom. The fourth-order valence-electron chi connectivity index (χ4n) is 2.46. The first-order valence-corrected chi connectivity index (χ1v) is 7.90. The van der Waals surface area contributed by atoms with Gasteiger partial charge in [-0.1, -0.05) is 29.8 Å². The minimum absolute atomic E-state index is 0.592. The summed E-state index contributed by atoms with van der Waals surface area (Å²) in [5, 5.41) is 11.9. The molecule has 2 aromatic carbocycles. The summed E-state index contributed by atoms with van der Waals surface area (Å²) in [6.45, 7) is 4.57. The number of aryl methyl sites for hydroxylation is 1. The summed E-state index contributed by atoms with van der Waals surface area (Å²) in [6, 6.07) is 16.2. The Morgan fingerprint density at radius 2 is 1.95 bits per heavy atom. The van der Waals surface area contributed by atoms with Crippen molar-refractivity contribution in [3.05, 3.63) is 64.5 Å². The normalized spacial score (nSPS) is 12.5. The van der Waals surface area contributed by atoms with Crippen molar-refractivity contribution in [3.8, 4) is 5.75 Å². The first kappa shape index (κ1) is 14.1. The van der Waals surface area contributed by atoms with E-state index < -0.39 is 6.10 Å². The van der Waals surface area contributed by atoms with E-state index in [9.17, 15) is 5.11 Å². The third kappa shape index (κ3) is 2.80. The Labute approximate surface area is 128 Å². The Morgan fingerprint density at radius 1 is 1.14 bits per heavy atom. The quantitative estimate of drug-likeness (QED) is 0.757. The van der Waals surface area contributed by atoms with Crippen LogP contribution in [0.3, 0.4) is 0 Å². The zero-order valence-electron chi connectivity index (χ0n) is 12.2. The lowest BCUT2D eigenvalue weighted by atomic mass is 10.0. The van der Waals surface area contributed by atoms with Crippen LogP contribution in [0.2, 0.25) is 0 Å². The Bertz CT molecular complexity index is 728. The minimum atomic E-state index is -0.649. The molecule has 0 aliphatic heterocycles. The lowest BCUT2D eigenvalue weighted by Crippen LogP contribution is -2.03. The van der Waals surface area contributed by atoms with Gasteiger partial charge in [-0.15, -0.1) is 11.3 Å². The van der Waals surface area contributed by atoms with E-state index in [0.717, 1.165) is 21.8 Å². The topological polar surface area (TPSA) is 29.5 Å². The van der Waals surface area contributed by atoms with E-state index in [0.29, 0.717) is 6.61 Å². The second-order valence-corrected chi connectivity index (χ2v) is 6.18. The lowest BCUT2D eigenvalue weighted by molar-refractivity contribution is 0.215. The fraction of sp³-hybridized carbons (Fsp3) is 0.222. The van der Waals surface area contributed by atoms with Crippen molar-refractivity contribution in [3.63, 3.8) is 0 Å². The van der Waals surface area contributed by atoms with E-state index in [4.69, 9.17) is 4.74 Å². The predicted molar refractivity (Wildman–Crippen MR) is 88.2 cm³/mol. The maximum absolute atomic E-state index is 10.8. The Balaban J connectivity index is 2.04. The molecule has 108 valence electrons. The highest BCUT2D eigenvalue weighted by Gasteiger charge is 2.18. The lowest BCUT2D eigenvalue weighted by Gasteiger charge is -2.15. The van der Waals surface area contributed by atoms with Gasteiger partial charge in [0.05, 0.1) is 6.61 Å². The van der Waals surface area contributed by atoms with Gasteiger partial charge >= 0.3 is 0 Å². The van der Waals surface area contributed by atoms with Crippen molar-refractivity contribution in [2.24, 2.45) is 0 Å². The van der Waals surface area contributed by atoms with Gasteiger partial charge in [-0.3, -0.25) is 0 Å². The molecule has 1 unspecified atom stereocenters. The van der Waals surface area contributed by atoms with Crippen molar-refractivity contribution in [1.82, 2.24) is 0 Å². The number of ether oxygens (including phenoxy) is 1. The van der Waals surface area contributed by atoms with Gasteiger partial charge in [0.1, 0.15) is 11.9 Å². The van der Waals surface area contributed by atoms with Crippen LogP contribution in [0.25, 0.3) is 10.1 Å². The molecule has 0 saturated heterocycles. The smallest absolute Gasteiger partial charge is 0.125 e. The summed E-state index contributed by atoms with van der Waals surface area (Å²) in [7, 11) is 0. The van der Waals surface area contributed by atoms with Crippen molar-refractivity contribution in [1.29, 1.82) is 0 Å². The van der Waals surface area contributed by atoms with Gasteiger partial charge in [0.2, 0.25) is 0 Å². The van der Waals surface area contributed by atoms with Crippen molar-refractivity contribution >= 4 is 21.4 Å². The predicted octanol–water partition coefficient (Wildman–Crippen LogP) is 4.69. The number of rotatable bonds is 4. The molecule has 0 radical (unpaired) electrons. The molecule has 21 heavy (non-hydrogen) atoms. The SMILES string of the molecule is CCOc1ccc(C)cc1C(O)c1cc2ccccc2s1. The molecule has 3 rings (SSSR count). The van der Waals surface area contributed by atoms with Crippen LogP contribution in [-0.2, 0) is 0 Å². The van der Waals surface area contributed by atoms with Crippen LogP contribution in [0.4, 0.5) is 0 Å². The van der Waals surface area contributed by atoms with Gasteiger partial charge in [0, 0.05) is 15.1 Å². The van der Waals surface area contributed by atoms with Crippen LogP contribution < -0.4 is 4.74 Å². The third-order valence-electron chi connectivity index (χ3n) is 3.47. The van der Waals surface area contributed by atoms with Gasteiger partial charge < -0.3 is 9.84 Å². The van der Waals surface area contributed by atoms with Crippen LogP contribution in [0.1, 0.15) is 29.0 Å². The number of hydrogen-bond donors (Lipinski definition) is 1. The summed E-state index contributed by atoms with van der Waals surface area (Å²) in [5.74, 6) is 0.757. The van der Waals surface area contributed by atoms with Gasteiger partial charge in [-0.05, 0) is 43.5 Å². The second-order valence-electron chi connectivity index (χ2n) is 5.06. The number of benzene rings is 2. The maximum atomic E-state index is 10.8. The van der Waals surface area contributed by atoms with Crippen molar-refractivity contribution in [2.75, 3.05) is 6.61 Å². The minimum Gasteiger partial charge on any atom is -0.493 e. The van der Waals surface area contributed by atoms with Crippen molar-refractivity contribution in [2.45, 2.75) is 20.0 Å². The molecule has 1 N–H and O–H groups in total. The molecule has 0 amide bonds. The van der Waals surface area contributed by atoms with E-state index in [1.807, 2.05) is 44.2 Å². The Hall–Kier alpha value is -1.84. The monoisotopic (exact) mass is 298 g/mol. The van der Waals surface area contributed by atoms with Crippen molar-refractivity contribution < 1.29 is 9.84 Å². The third-order valence-corrected chi connectivity index (χ3v) is 4.64. The van der Waals surface area contributed by atoms with E-state index >= 15 is 0 Å². The van der Waals surface area contributed by atoms with Gasteiger partial charge in [-0.2, -0.15) is 0 Å². The molecule has 3 heteroatoms. The van der Waals surface area contributed by atoms with Gasteiger partial charge in [0.15, 0.2) is 0 Å². The fourth-order valence-corrected chi connectivity index (χ4v) is 3.53. The average Bonchev–Trinajstić information content (AvgIpc) is 2.92. The zero-order chi connectivity index (χ0) is 14.8. The van der Waals surface area contributed by atoms with Crippen LogP contribution in [0, 0.1) is 6.92 Å². The number of hydrogen-bond acceptors (Lipinski definition) is 3. The molecule has 0 aliphatic carbocycles. The molecule has 0 saturated carbocycles. The summed E-state index contributed by atoms with van der Waals surface area (Å²) in [5.41, 5.74) is 1.96. The first-order chi connectivity index (χ1) is 10.2. The van der Waals surface area contributed by atoms with Crippen LogP contribution in [0.5, 0.6) is 5.75 Å². The summed E-state index contributed by atoms with van der Waals surface area (Å²) in [6.07, 6.45) is -0.649. The van der Waals surface area contributed by atoms with E-state index in [1.54, 1.807) is 11.3 Å². The average molecular weight is 298 g/mol. The van der Waals surface area contributed by atoms with E-state index in [1.165, 1.54) is 10.1 Å². The maximum Gasteiger partial charge on any atom is 0.125 e. The second kappa shape index (κ2) is 5.88. The molecule has 1 atom stereocenters. The number of aliphatic hydroxyl groups is 1. The van der Waals surface area contributed by atoms with Crippen LogP contribution >= 0.6 is 11.3 Å². The molecule has 0 fully saturated rings. The Kier molecular flexibility index (Phi) is 3.95. The summed E-state index contributed by atoms with van der Waals surface area (Å²) < 4.78 is 6.85.